The van der Waals surface area contributed by atoms with Gasteiger partial charge in [-0.15, -0.1) is 0 Å². The maximum Gasteiger partial charge on any atom is 0.243 e. The Morgan fingerprint density at radius 2 is 1.95 bits per heavy atom. The van der Waals surface area contributed by atoms with Gasteiger partial charge in [-0.05, 0) is 43.9 Å². The summed E-state index contributed by atoms with van der Waals surface area (Å²) in [5.41, 5.74) is 6.80. The lowest BCUT2D eigenvalue weighted by Gasteiger charge is -2.35. The largest absolute Gasteiger partial charge is 0.330 e. The predicted molar refractivity (Wildman–Crippen MR) is 76.3 cm³/mol. The van der Waals surface area contributed by atoms with Crippen molar-refractivity contribution in [3.63, 3.8) is 0 Å². The van der Waals surface area contributed by atoms with Gasteiger partial charge in [0.1, 0.15) is 0 Å². The molecule has 19 heavy (non-hydrogen) atoms. The maximum atomic E-state index is 12.6. The zero-order valence-electron chi connectivity index (χ0n) is 11.5. The van der Waals surface area contributed by atoms with Crippen LogP contribution in [0.5, 0.6) is 0 Å². The van der Waals surface area contributed by atoms with Crippen LogP contribution in [0.2, 0.25) is 0 Å². The Balaban J connectivity index is 2.23. The summed E-state index contributed by atoms with van der Waals surface area (Å²) < 4.78 is 26.7. The Kier molecular flexibility index (Phi) is 4.28. The molecule has 0 radical (unpaired) electrons. The maximum absolute atomic E-state index is 12.6. The summed E-state index contributed by atoms with van der Waals surface area (Å²) in [6.07, 6.45) is 0.882. The van der Waals surface area contributed by atoms with Crippen molar-refractivity contribution in [2.24, 2.45) is 17.6 Å². The third-order valence-corrected chi connectivity index (χ3v) is 5.92. The SMILES string of the molecule is Cc1ccc(S(=O)(=O)N2CCC(C)C(CN)C2)cc1. The van der Waals surface area contributed by atoms with Gasteiger partial charge in [0, 0.05) is 13.1 Å². The highest BCUT2D eigenvalue weighted by Gasteiger charge is 2.32. The molecule has 2 N–H and O–H groups in total. The van der Waals surface area contributed by atoms with Gasteiger partial charge in [-0.25, -0.2) is 8.42 Å². The van der Waals surface area contributed by atoms with Gasteiger partial charge in [-0.1, -0.05) is 24.6 Å². The Bertz CT molecular complexity index is 525. The van der Waals surface area contributed by atoms with Crippen LogP contribution in [0, 0.1) is 18.8 Å². The van der Waals surface area contributed by atoms with Gasteiger partial charge < -0.3 is 5.73 Å². The molecule has 4 nitrogen and oxygen atoms in total. The molecule has 2 atom stereocenters. The molecule has 106 valence electrons. The fourth-order valence-corrected chi connectivity index (χ4v) is 4.01. The minimum atomic E-state index is -3.37. The molecule has 0 aliphatic carbocycles. The van der Waals surface area contributed by atoms with E-state index in [9.17, 15) is 8.42 Å². The van der Waals surface area contributed by atoms with E-state index in [-0.39, 0.29) is 5.92 Å². The molecule has 1 aliphatic rings. The van der Waals surface area contributed by atoms with Crippen molar-refractivity contribution in [1.82, 2.24) is 4.31 Å². The summed E-state index contributed by atoms with van der Waals surface area (Å²) in [5.74, 6) is 0.753. The van der Waals surface area contributed by atoms with Crippen LogP contribution in [-0.4, -0.2) is 32.4 Å². The van der Waals surface area contributed by atoms with Crippen LogP contribution < -0.4 is 5.73 Å². The Hall–Kier alpha value is -0.910. The van der Waals surface area contributed by atoms with Crippen LogP contribution in [0.1, 0.15) is 18.9 Å². The summed E-state index contributed by atoms with van der Waals surface area (Å²) in [5, 5.41) is 0. The minimum absolute atomic E-state index is 0.258. The van der Waals surface area contributed by atoms with Crippen LogP contribution in [0.25, 0.3) is 0 Å². The summed E-state index contributed by atoms with van der Waals surface area (Å²) in [6.45, 7) is 5.76. The molecule has 0 bridgehead atoms. The second-order valence-electron chi connectivity index (χ2n) is 5.44. The fraction of sp³-hybridized carbons (Fsp3) is 0.571. The van der Waals surface area contributed by atoms with Crippen LogP contribution in [-0.2, 0) is 10.0 Å². The summed E-state index contributed by atoms with van der Waals surface area (Å²) in [7, 11) is -3.37. The van der Waals surface area contributed by atoms with Crippen molar-refractivity contribution >= 4 is 10.0 Å². The first kappa shape index (κ1) is 14.5. The first-order valence-electron chi connectivity index (χ1n) is 6.72. The van der Waals surface area contributed by atoms with Crippen LogP contribution >= 0.6 is 0 Å². The van der Waals surface area contributed by atoms with Crippen molar-refractivity contribution in [1.29, 1.82) is 0 Å². The number of nitrogens with two attached hydrogens (primary N) is 1. The van der Waals surface area contributed by atoms with Crippen molar-refractivity contribution < 1.29 is 8.42 Å². The number of hydrogen-bond donors (Lipinski definition) is 1. The van der Waals surface area contributed by atoms with E-state index in [1.54, 1.807) is 16.4 Å². The second kappa shape index (κ2) is 5.61. The zero-order valence-corrected chi connectivity index (χ0v) is 12.4. The zero-order chi connectivity index (χ0) is 14.0. The average molecular weight is 282 g/mol. The molecular weight excluding hydrogens is 260 g/mol. The molecule has 1 fully saturated rings. The highest BCUT2D eigenvalue weighted by Crippen LogP contribution is 2.27. The van der Waals surface area contributed by atoms with Gasteiger partial charge in [0.05, 0.1) is 4.90 Å². The normalized spacial score (nSPS) is 25.4. The molecule has 1 aromatic rings. The minimum Gasteiger partial charge on any atom is -0.330 e. The standard InChI is InChI=1S/C14H22N2O2S/c1-11-3-5-14(6-4-11)19(17,18)16-8-7-12(2)13(9-15)10-16/h3-6,12-13H,7-10,15H2,1-2H3. The first-order valence-corrected chi connectivity index (χ1v) is 8.16. The van der Waals surface area contributed by atoms with E-state index in [1.807, 2.05) is 19.1 Å². The third kappa shape index (κ3) is 2.99. The number of rotatable bonds is 3. The van der Waals surface area contributed by atoms with E-state index >= 15 is 0 Å². The van der Waals surface area contributed by atoms with Gasteiger partial charge in [0.25, 0.3) is 0 Å². The molecule has 0 aromatic heterocycles. The van der Waals surface area contributed by atoms with Gasteiger partial charge in [0.2, 0.25) is 10.0 Å². The summed E-state index contributed by atoms with van der Waals surface area (Å²) in [4.78, 5) is 0.378. The van der Waals surface area contributed by atoms with E-state index < -0.39 is 10.0 Å². The topological polar surface area (TPSA) is 63.4 Å². The van der Waals surface area contributed by atoms with E-state index in [0.717, 1.165) is 12.0 Å². The van der Waals surface area contributed by atoms with Gasteiger partial charge in [0.15, 0.2) is 0 Å². The number of hydrogen-bond acceptors (Lipinski definition) is 3. The lowest BCUT2D eigenvalue weighted by molar-refractivity contribution is 0.203. The van der Waals surface area contributed by atoms with Gasteiger partial charge in [-0.2, -0.15) is 4.31 Å². The van der Waals surface area contributed by atoms with Gasteiger partial charge >= 0.3 is 0 Å². The number of aryl methyl sites for hydroxylation is 1. The lowest BCUT2D eigenvalue weighted by Crippen LogP contribution is -2.45. The Labute approximate surface area is 115 Å². The average Bonchev–Trinajstić information content (AvgIpc) is 2.39. The van der Waals surface area contributed by atoms with E-state index in [4.69, 9.17) is 5.73 Å². The lowest BCUT2D eigenvalue weighted by atomic mass is 9.88. The third-order valence-electron chi connectivity index (χ3n) is 4.04. The smallest absolute Gasteiger partial charge is 0.243 e. The Morgan fingerprint density at radius 3 is 2.53 bits per heavy atom. The van der Waals surface area contributed by atoms with E-state index in [1.165, 1.54) is 0 Å². The highest BCUT2D eigenvalue weighted by atomic mass is 32.2. The van der Waals surface area contributed by atoms with Crippen LogP contribution in [0.4, 0.5) is 0 Å². The van der Waals surface area contributed by atoms with Gasteiger partial charge in [-0.3, -0.25) is 0 Å². The predicted octanol–water partition coefficient (Wildman–Crippen LogP) is 1.60. The molecule has 2 rings (SSSR count). The van der Waals surface area contributed by atoms with Crippen molar-refractivity contribution in [2.45, 2.75) is 25.2 Å². The van der Waals surface area contributed by atoms with Crippen molar-refractivity contribution in [3.05, 3.63) is 29.8 Å². The van der Waals surface area contributed by atoms with E-state index in [2.05, 4.69) is 6.92 Å². The molecule has 2 unspecified atom stereocenters. The number of nitrogens with zero attached hydrogens (tertiary/aromatic N) is 1. The fourth-order valence-electron chi connectivity index (χ4n) is 2.50. The molecule has 1 aromatic carbocycles. The van der Waals surface area contributed by atoms with Crippen LogP contribution in [0.15, 0.2) is 29.2 Å². The molecule has 1 aliphatic heterocycles. The van der Waals surface area contributed by atoms with Crippen molar-refractivity contribution in [2.75, 3.05) is 19.6 Å². The summed E-state index contributed by atoms with van der Waals surface area (Å²) in [6, 6.07) is 7.03. The summed E-state index contributed by atoms with van der Waals surface area (Å²) >= 11 is 0. The molecule has 0 amide bonds. The number of benzene rings is 1. The van der Waals surface area contributed by atoms with E-state index in [0.29, 0.717) is 30.4 Å². The molecule has 1 heterocycles. The molecular formula is C14H22N2O2S. The monoisotopic (exact) mass is 282 g/mol. The van der Waals surface area contributed by atoms with Crippen LogP contribution in [0.3, 0.4) is 0 Å². The quantitative estimate of drug-likeness (QED) is 0.916. The molecule has 0 saturated carbocycles. The second-order valence-corrected chi connectivity index (χ2v) is 7.38. The highest BCUT2D eigenvalue weighted by molar-refractivity contribution is 7.89. The first-order chi connectivity index (χ1) is 8.95. The Morgan fingerprint density at radius 1 is 1.32 bits per heavy atom. The number of piperidine rings is 1. The molecule has 5 heteroatoms. The van der Waals surface area contributed by atoms with Crippen molar-refractivity contribution in [3.8, 4) is 0 Å². The molecule has 0 spiro atoms. The number of sulfonamides is 1. The molecule has 1 saturated heterocycles.